The van der Waals surface area contributed by atoms with Crippen LogP contribution >= 0.6 is 22.9 Å². The van der Waals surface area contributed by atoms with E-state index in [1.54, 1.807) is 11.3 Å². The zero-order valence-corrected chi connectivity index (χ0v) is 10.8. The first kappa shape index (κ1) is 11.6. The quantitative estimate of drug-likeness (QED) is 0.877. The lowest BCUT2D eigenvalue weighted by Crippen LogP contribution is -2.21. The smallest absolute Gasteiger partial charge is 0.0931 e. The van der Waals surface area contributed by atoms with Gasteiger partial charge >= 0.3 is 0 Å². The van der Waals surface area contributed by atoms with E-state index in [1.165, 1.54) is 5.56 Å². The second-order valence-electron chi connectivity index (χ2n) is 3.83. The van der Waals surface area contributed by atoms with E-state index in [4.69, 9.17) is 11.6 Å². The molecule has 2 N–H and O–H groups in total. The second-order valence-corrected chi connectivity index (χ2v) is 5.37. The average molecular weight is 256 g/mol. The van der Waals surface area contributed by atoms with Crippen molar-refractivity contribution in [2.75, 3.05) is 0 Å². The van der Waals surface area contributed by atoms with Gasteiger partial charge in [-0.05, 0) is 30.9 Å². The number of nitrogens with one attached hydrogen (secondary N) is 2. The highest BCUT2D eigenvalue weighted by molar-refractivity contribution is 7.14. The van der Waals surface area contributed by atoms with Crippen LogP contribution in [-0.4, -0.2) is 10.2 Å². The van der Waals surface area contributed by atoms with Gasteiger partial charge < -0.3 is 5.32 Å². The summed E-state index contributed by atoms with van der Waals surface area (Å²) >= 11 is 7.48. The molecule has 0 aliphatic heterocycles. The summed E-state index contributed by atoms with van der Waals surface area (Å²) in [5.41, 5.74) is 2.39. The summed E-state index contributed by atoms with van der Waals surface area (Å²) in [5, 5.41) is 12.3. The minimum atomic E-state index is 0.271. The molecule has 2 heterocycles. The molecule has 0 fully saturated rings. The van der Waals surface area contributed by atoms with Crippen LogP contribution in [0.2, 0.25) is 4.34 Å². The molecule has 0 spiro atoms. The van der Waals surface area contributed by atoms with Crippen LogP contribution in [-0.2, 0) is 0 Å². The lowest BCUT2D eigenvalue weighted by molar-refractivity contribution is 0.496. The van der Waals surface area contributed by atoms with Crippen LogP contribution in [0.1, 0.15) is 37.1 Å². The first-order valence-electron chi connectivity index (χ1n) is 5.15. The van der Waals surface area contributed by atoms with Crippen LogP contribution in [0.15, 0.2) is 23.8 Å². The molecule has 16 heavy (non-hydrogen) atoms. The van der Waals surface area contributed by atoms with Crippen molar-refractivity contribution in [3.05, 3.63) is 39.3 Å². The minimum absolute atomic E-state index is 0.271. The SMILES string of the molecule is CC(NC(C)c1csc(Cl)c1)c1cn[nH]c1. The lowest BCUT2D eigenvalue weighted by atomic mass is 10.1. The van der Waals surface area contributed by atoms with Gasteiger partial charge in [-0.25, -0.2) is 0 Å². The Kier molecular flexibility index (Phi) is 3.63. The molecule has 0 aliphatic carbocycles. The Morgan fingerprint density at radius 2 is 2.12 bits per heavy atom. The summed E-state index contributed by atoms with van der Waals surface area (Å²) < 4.78 is 0.833. The molecule has 0 saturated heterocycles. The van der Waals surface area contributed by atoms with Gasteiger partial charge in [-0.15, -0.1) is 11.3 Å². The zero-order valence-electron chi connectivity index (χ0n) is 9.20. The van der Waals surface area contributed by atoms with E-state index >= 15 is 0 Å². The summed E-state index contributed by atoms with van der Waals surface area (Å²) in [6, 6.07) is 2.56. The van der Waals surface area contributed by atoms with E-state index in [0.717, 1.165) is 9.90 Å². The maximum atomic E-state index is 5.92. The third-order valence-electron chi connectivity index (χ3n) is 2.61. The van der Waals surface area contributed by atoms with Crippen molar-refractivity contribution >= 4 is 22.9 Å². The fourth-order valence-electron chi connectivity index (χ4n) is 1.62. The van der Waals surface area contributed by atoms with E-state index in [2.05, 4.69) is 34.7 Å². The highest BCUT2D eigenvalue weighted by Crippen LogP contribution is 2.26. The number of halogens is 1. The molecule has 86 valence electrons. The third-order valence-corrected chi connectivity index (χ3v) is 3.72. The number of nitrogens with zero attached hydrogens (tertiary/aromatic N) is 1. The summed E-state index contributed by atoms with van der Waals surface area (Å²) in [6.45, 7) is 4.25. The van der Waals surface area contributed by atoms with Crippen LogP contribution in [0.5, 0.6) is 0 Å². The summed E-state index contributed by atoms with van der Waals surface area (Å²) in [5.74, 6) is 0. The number of hydrogen-bond donors (Lipinski definition) is 2. The van der Waals surface area contributed by atoms with Gasteiger partial charge in [0.1, 0.15) is 0 Å². The first-order valence-corrected chi connectivity index (χ1v) is 6.41. The molecule has 2 unspecified atom stereocenters. The number of aromatic nitrogens is 2. The van der Waals surface area contributed by atoms with Crippen LogP contribution in [0.4, 0.5) is 0 Å². The van der Waals surface area contributed by atoms with Gasteiger partial charge in [0.25, 0.3) is 0 Å². The molecule has 0 saturated carbocycles. The Bertz CT molecular complexity index is 438. The summed E-state index contributed by atoms with van der Waals surface area (Å²) in [7, 11) is 0. The predicted molar refractivity (Wildman–Crippen MR) is 67.9 cm³/mol. The topological polar surface area (TPSA) is 40.7 Å². The number of hydrogen-bond acceptors (Lipinski definition) is 3. The van der Waals surface area contributed by atoms with Crippen LogP contribution in [0.3, 0.4) is 0 Å². The molecule has 3 nitrogen and oxygen atoms in total. The fourth-order valence-corrected chi connectivity index (χ4v) is 2.60. The van der Waals surface area contributed by atoms with Crippen molar-refractivity contribution in [1.29, 1.82) is 0 Å². The van der Waals surface area contributed by atoms with Gasteiger partial charge in [-0.3, -0.25) is 5.10 Å². The summed E-state index contributed by atoms with van der Waals surface area (Å²) in [6.07, 6.45) is 3.75. The Morgan fingerprint density at radius 1 is 1.38 bits per heavy atom. The first-order chi connectivity index (χ1) is 7.66. The highest BCUT2D eigenvalue weighted by atomic mass is 35.5. The van der Waals surface area contributed by atoms with Gasteiger partial charge in [-0.1, -0.05) is 11.6 Å². The third kappa shape index (κ3) is 2.64. The van der Waals surface area contributed by atoms with Crippen LogP contribution in [0, 0.1) is 0 Å². The van der Waals surface area contributed by atoms with Crippen molar-refractivity contribution in [3.8, 4) is 0 Å². The number of rotatable bonds is 4. The molecular formula is C11H14ClN3S. The molecule has 0 aromatic carbocycles. The Labute approximate surface area is 104 Å². The monoisotopic (exact) mass is 255 g/mol. The van der Waals surface area contributed by atoms with Gasteiger partial charge in [0.2, 0.25) is 0 Å². The maximum absolute atomic E-state index is 5.92. The molecule has 5 heteroatoms. The molecular weight excluding hydrogens is 242 g/mol. The van der Waals surface area contributed by atoms with Gasteiger partial charge in [0.05, 0.1) is 10.5 Å². The normalized spacial score (nSPS) is 14.9. The van der Waals surface area contributed by atoms with Crippen molar-refractivity contribution in [2.45, 2.75) is 25.9 Å². The predicted octanol–water partition coefficient (Wildman–Crippen LogP) is 3.54. The molecule has 2 aromatic rings. The molecule has 0 amide bonds. The van der Waals surface area contributed by atoms with Gasteiger partial charge in [0.15, 0.2) is 0 Å². The highest BCUT2D eigenvalue weighted by Gasteiger charge is 2.12. The second kappa shape index (κ2) is 4.99. The van der Waals surface area contributed by atoms with Crippen molar-refractivity contribution < 1.29 is 0 Å². The Morgan fingerprint density at radius 3 is 2.69 bits per heavy atom. The van der Waals surface area contributed by atoms with Crippen molar-refractivity contribution in [3.63, 3.8) is 0 Å². The van der Waals surface area contributed by atoms with Crippen molar-refractivity contribution in [2.24, 2.45) is 0 Å². The van der Waals surface area contributed by atoms with E-state index in [9.17, 15) is 0 Å². The number of thiophene rings is 1. The van der Waals surface area contributed by atoms with Gasteiger partial charge in [0, 0.05) is 23.8 Å². The van der Waals surface area contributed by atoms with E-state index < -0.39 is 0 Å². The number of aromatic amines is 1. The lowest BCUT2D eigenvalue weighted by Gasteiger charge is -2.18. The molecule has 2 rings (SSSR count). The average Bonchev–Trinajstić information content (AvgIpc) is 2.87. The minimum Gasteiger partial charge on any atom is -0.304 e. The Balaban J connectivity index is 2.00. The summed E-state index contributed by atoms with van der Waals surface area (Å²) in [4.78, 5) is 0. The van der Waals surface area contributed by atoms with Gasteiger partial charge in [-0.2, -0.15) is 5.10 Å². The van der Waals surface area contributed by atoms with Crippen molar-refractivity contribution in [1.82, 2.24) is 15.5 Å². The molecule has 0 bridgehead atoms. The largest absolute Gasteiger partial charge is 0.304 e. The fraction of sp³-hybridized carbons (Fsp3) is 0.364. The van der Waals surface area contributed by atoms with Crippen LogP contribution in [0.25, 0.3) is 0 Å². The standard InChI is InChI=1S/C11H14ClN3S/c1-7(9-3-11(12)16-6-9)15-8(2)10-4-13-14-5-10/h3-8,15H,1-2H3,(H,13,14). The Hall–Kier alpha value is -0.840. The molecule has 2 atom stereocenters. The van der Waals surface area contributed by atoms with Crippen LogP contribution < -0.4 is 5.32 Å². The zero-order chi connectivity index (χ0) is 11.5. The van der Waals surface area contributed by atoms with E-state index in [-0.39, 0.29) is 12.1 Å². The molecule has 0 aliphatic rings. The maximum Gasteiger partial charge on any atom is 0.0931 e. The molecule has 0 radical (unpaired) electrons. The number of H-pyrrole nitrogens is 1. The molecule has 2 aromatic heterocycles. The van der Waals surface area contributed by atoms with E-state index in [0.29, 0.717) is 0 Å². The van der Waals surface area contributed by atoms with E-state index in [1.807, 2.05) is 18.5 Å².